The molecule has 9 nitrogen and oxygen atoms in total. The van der Waals surface area contributed by atoms with Crippen molar-refractivity contribution in [1.29, 1.82) is 0 Å². The molecule has 0 aliphatic carbocycles. The van der Waals surface area contributed by atoms with Crippen molar-refractivity contribution in [2.24, 2.45) is 0 Å². The van der Waals surface area contributed by atoms with E-state index in [9.17, 15) is 14.4 Å². The van der Waals surface area contributed by atoms with Gasteiger partial charge in [0.15, 0.2) is 0 Å². The minimum Gasteiger partial charge on any atom is -0.378 e. The van der Waals surface area contributed by atoms with E-state index >= 15 is 0 Å². The van der Waals surface area contributed by atoms with Crippen molar-refractivity contribution in [3.8, 4) is 0 Å². The minimum absolute atomic E-state index is 0.0477. The molecule has 1 atom stereocenters. The van der Waals surface area contributed by atoms with Crippen LogP contribution in [-0.2, 0) is 20.9 Å². The number of anilines is 1. The molecule has 2 amide bonds. The average Bonchev–Trinajstić information content (AvgIpc) is 3.16. The number of aromatic amines is 1. The van der Waals surface area contributed by atoms with E-state index in [-0.39, 0.29) is 23.4 Å². The van der Waals surface area contributed by atoms with E-state index in [1.54, 1.807) is 29.8 Å². The third kappa shape index (κ3) is 4.52. The van der Waals surface area contributed by atoms with E-state index < -0.39 is 0 Å². The summed E-state index contributed by atoms with van der Waals surface area (Å²) < 4.78 is 5.96. The van der Waals surface area contributed by atoms with Crippen LogP contribution in [-0.4, -0.2) is 71.2 Å². The van der Waals surface area contributed by atoms with Crippen molar-refractivity contribution in [3.63, 3.8) is 0 Å². The number of H-pyrrole nitrogens is 1. The smallest absolute Gasteiger partial charge is 0.269 e. The zero-order chi connectivity index (χ0) is 22.7. The molecule has 0 radical (unpaired) electrons. The number of hydrogen-bond acceptors (Lipinski definition) is 6. The number of carbonyl (C=O) groups excluding carboxylic acids is 2. The summed E-state index contributed by atoms with van der Waals surface area (Å²) in [4.78, 5) is 41.7. The molecule has 2 aliphatic heterocycles. The van der Waals surface area contributed by atoms with E-state index in [1.807, 2.05) is 12.1 Å². The molecule has 1 aromatic heterocycles. The molecule has 170 valence electrons. The van der Waals surface area contributed by atoms with E-state index in [1.165, 1.54) is 11.1 Å². The first-order valence-corrected chi connectivity index (χ1v) is 11.0. The zero-order valence-electron chi connectivity index (χ0n) is 18.5. The van der Waals surface area contributed by atoms with E-state index in [4.69, 9.17) is 4.74 Å². The quantitative estimate of drug-likeness (QED) is 0.680. The first kappa shape index (κ1) is 22.0. The number of nitrogens with zero attached hydrogens (tertiary/aromatic N) is 4. The second-order valence-corrected chi connectivity index (χ2v) is 8.26. The van der Waals surface area contributed by atoms with Crippen molar-refractivity contribution in [2.75, 3.05) is 44.3 Å². The Morgan fingerprint density at radius 2 is 1.88 bits per heavy atom. The summed E-state index contributed by atoms with van der Waals surface area (Å²) in [5, 5.41) is 6.46. The summed E-state index contributed by atoms with van der Waals surface area (Å²) in [5.41, 5.74) is 3.57. The van der Waals surface area contributed by atoms with Crippen LogP contribution in [0, 0.1) is 6.92 Å². The second-order valence-electron chi connectivity index (χ2n) is 8.26. The lowest BCUT2D eigenvalue weighted by atomic mass is 10.1. The van der Waals surface area contributed by atoms with Crippen molar-refractivity contribution in [3.05, 3.63) is 57.5 Å². The number of amides is 2. The predicted octanol–water partition coefficient (Wildman–Crippen LogP) is 1.24. The minimum atomic E-state index is -0.200. The van der Waals surface area contributed by atoms with Crippen LogP contribution >= 0.6 is 0 Å². The molecule has 4 rings (SSSR count). The number of aromatic nitrogens is 2. The molecule has 9 heteroatoms. The first-order valence-electron chi connectivity index (χ1n) is 11.0. The standard InChI is InChI=1S/C23H29N5O4/c1-16-20(13-24-25-23(16)31)28-14-18-5-3-4-6-19(18)21(28)15-32-12-7-22(30)27-10-8-26(9-11-27)17(2)29/h3-6,13,21H,7-12,14-15H2,1-2H3,(H,25,31)/t21-/m1/s1. The van der Waals surface area contributed by atoms with Crippen molar-refractivity contribution in [1.82, 2.24) is 20.0 Å². The fourth-order valence-electron chi connectivity index (χ4n) is 4.42. The van der Waals surface area contributed by atoms with Crippen LogP contribution in [0.4, 0.5) is 5.69 Å². The molecule has 0 bridgehead atoms. The Kier molecular flexibility index (Phi) is 6.55. The molecule has 1 fully saturated rings. The summed E-state index contributed by atoms with van der Waals surface area (Å²) >= 11 is 0. The average molecular weight is 440 g/mol. The molecule has 1 aromatic carbocycles. The highest BCUT2D eigenvalue weighted by Crippen LogP contribution is 2.37. The summed E-state index contributed by atoms with van der Waals surface area (Å²) in [7, 11) is 0. The number of hydrogen-bond donors (Lipinski definition) is 1. The maximum Gasteiger partial charge on any atom is 0.269 e. The van der Waals surface area contributed by atoms with Gasteiger partial charge in [0.25, 0.3) is 5.56 Å². The highest BCUT2D eigenvalue weighted by Gasteiger charge is 2.32. The van der Waals surface area contributed by atoms with Crippen LogP contribution in [0.3, 0.4) is 0 Å². The number of rotatable bonds is 6. The van der Waals surface area contributed by atoms with Crippen LogP contribution in [0.2, 0.25) is 0 Å². The molecule has 3 heterocycles. The Bertz CT molecular complexity index is 1040. The van der Waals surface area contributed by atoms with Gasteiger partial charge in [0.1, 0.15) is 0 Å². The largest absolute Gasteiger partial charge is 0.378 e. The monoisotopic (exact) mass is 439 g/mol. The normalized spacial score (nSPS) is 18.1. The maximum atomic E-state index is 12.5. The number of nitrogens with one attached hydrogen (secondary N) is 1. The third-order valence-corrected chi connectivity index (χ3v) is 6.33. The first-order chi connectivity index (χ1) is 15.5. The van der Waals surface area contributed by atoms with Gasteiger partial charge in [0.2, 0.25) is 11.8 Å². The molecular formula is C23H29N5O4. The Hall–Kier alpha value is -3.20. The van der Waals surface area contributed by atoms with Gasteiger partial charge in [-0.3, -0.25) is 14.4 Å². The van der Waals surface area contributed by atoms with Gasteiger partial charge >= 0.3 is 0 Å². The van der Waals surface area contributed by atoms with Gasteiger partial charge in [-0.2, -0.15) is 5.10 Å². The highest BCUT2D eigenvalue weighted by atomic mass is 16.5. The zero-order valence-corrected chi connectivity index (χ0v) is 18.5. The summed E-state index contributed by atoms with van der Waals surface area (Å²) in [6.45, 7) is 7.06. The van der Waals surface area contributed by atoms with E-state index in [0.717, 1.165) is 5.69 Å². The molecule has 0 spiro atoms. The van der Waals surface area contributed by atoms with Crippen LogP contribution in [0.15, 0.2) is 35.3 Å². The molecule has 1 N–H and O–H groups in total. The van der Waals surface area contributed by atoms with E-state index in [0.29, 0.717) is 57.9 Å². The number of carbonyl (C=O) groups is 2. The maximum absolute atomic E-state index is 12.5. The Labute approximate surface area is 187 Å². The molecule has 1 saturated heterocycles. The molecule has 0 saturated carbocycles. The number of fused-ring (bicyclic) bond motifs is 1. The lowest BCUT2D eigenvalue weighted by Gasteiger charge is -2.34. The van der Waals surface area contributed by atoms with Crippen molar-refractivity contribution in [2.45, 2.75) is 32.9 Å². The van der Waals surface area contributed by atoms with Crippen molar-refractivity contribution < 1.29 is 14.3 Å². The lowest BCUT2D eigenvalue weighted by molar-refractivity contribution is -0.139. The number of piperazine rings is 1. The second kappa shape index (κ2) is 9.52. The molecule has 32 heavy (non-hydrogen) atoms. The van der Waals surface area contributed by atoms with Crippen LogP contribution < -0.4 is 10.5 Å². The highest BCUT2D eigenvalue weighted by molar-refractivity contribution is 5.77. The number of ether oxygens (including phenoxy) is 1. The Morgan fingerprint density at radius 3 is 2.62 bits per heavy atom. The van der Waals surface area contributed by atoms with Crippen LogP contribution in [0.1, 0.15) is 36.1 Å². The summed E-state index contributed by atoms with van der Waals surface area (Å²) in [6, 6.07) is 8.13. The van der Waals surface area contributed by atoms with Crippen molar-refractivity contribution >= 4 is 17.5 Å². The van der Waals surface area contributed by atoms with Gasteiger partial charge < -0.3 is 19.4 Å². The van der Waals surface area contributed by atoms with Gasteiger partial charge in [-0.25, -0.2) is 5.10 Å². The lowest BCUT2D eigenvalue weighted by Crippen LogP contribution is -2.50. The van der Waals surface area contributed by atoms with Gasteiger partial charge in [-0.1, -0.05) is 24.3 Å². The summed E-state index contributed by atoms with van der Waals surface area (Å²) in [6.07, 6.45) is 1.99. The van der Waals surface area contributed by atoms with Crippen LogP contribution in [0.5, 0.6) is 0 Å². The van der Waals surface area contributed by atoms with Gasteiger partial charge in [0.05, 0.1) is 37.6 Å². The van der Waals surface area contributed by atoms with E-state index in [2.05, 4.69) is 27.2 Å². The van der Waals surface area contributed by atoms with Crippen LogP contribution in [0.25, 0.3) is 0 Å². The number of benzene rings is 1. The third-order valence-electron chi connectivity index (χ3n) is 6.33. The molecular weight excluding hydrogens is 410 g/mol. The fraction of sp³-hybridized carbons (Fsp3) is 0.478. The predicted molar refractivity (Wildman–Crippen MR) is 119 cm³/mol. The Morgan fingerprint density at radius 1 is 1.16 bits per heavy atom. The molecule has 2 aromatic rings. The fourth-order valence-corrected chi connectivity index (χ4v) is 4.42. The summed E-state index contributed by atoms with van der Waals surface area (Å²) in [5.74, 6) is 0.0965. The SMILES string of the molecule is CC(=O)N1CCN(C(=O)CCOC[C@@H]2c3ccccc3CN2c2cn[nH]c(=O)c2C)CC1. The van der Waals surface area contributed by atoms with Gasteiger partial charge in [0, 0.05) is 45.2 Å². The van der Waals surface area contributed by atoms with Gasteiger partial charge in [-0.15, -0.1) is 0 Å². The molecule has 2 aliphatic rings. The Balaban J connectivity index is 1.36. The molecule has 0 unspecified atom stereocenters. The topological polar surface area (TPSA) is 98.8 Å². The van der Waals surface area contributed by atoms with Gasteiger partial charge in [-0.05, 0) is 18.1 Å².